The van der Waals surface area contributed by atoms with Gasteiger partial charge in [-0.1, -0.05) is 17.3 Å². The van der Waals surface area contributed by atoms with E-state index < -0.39 is 12.6 Å². The van der Waals surface area contributed by atoms with Gasteiger partial charge in [-0.3, -0.25) is 0 Å². The SMILES string of the molecule is CC(c1cccc(O)c1)c1nc(CCC(F)(F)F)no1. The molecule has 0 aliphatic carbocycles. The highest BCUT2D eigenvalue weighted by Crippen LogP contribution is 2.26. The third kappa shape index (κ3) is 3.72. The van der Waals surface area contributed by atoms with Crippen LogP contribution in [0.4, 0.5) is 13.2 Å². The lowest BCUT2D eigenvalue weighted by Gasteiger charge is -2.06. The molecule has 0 saturated heterocycles. The number of rotatable bonds is 4. The number of nitrogens with zero attached hydrogens (tertiary/aromatic N) is 2. The van der Waals surface area contributed by atoms with E-state index in [0.29, 0.717) is 0 Å². The van der Waals surface area contributed by atoms with E-state index in [1.165, 1.54) is 6.07 Å². The predicted molar refractivity (Wildman–Crippen MR) is 64.3 cm³/mol. The standard InChI is InChI=1S/C13H13F3N2O2/c1-8(9-3-2-4-10(19)7-9)12-17-11(18-20-12)5-6-13(14,15)16/h2-4,7-8,19H,5-6H2,1H3. The molecule has 0 aliphatic heterocycles. The molecule has 0 spiro atoms. The Hall–Kier alpha value is -2.05. The quantitative estimate of drug-likeness (QED) is 0.935. The number of halogens is 3. The smallest absolute Gasteiger partial charge is 0.389 e. The molecule has 0 amide bonds. The molecular formula is C13H13F3N2O2. The van der Waals surface area contributed by atoms with E-state index in [4.69, 9.17) is 4.52 Å². The molecule has 20 heavy (non-hydrogen) atoms. The van der Waals surface area contributed by atoms with Crippen molar-refractivity contribution in [3.63, 3.8) is 0 Å². The van der Waals surface area contributed by atoms with Gasteiger partial charge in [-0.25, -0.2) is 0 Å². The molecule has 0 saturated carbocycles. The Morgan fingerprint density at radius 2 is 2.10 bits per heavy atom. The van der Waals surface area contributed by atoms with E-state index in [9.17, 15) is 18.3 Å². The summed E-state index contributed by atoms with van der Waals surface area (Å²) in [6, 6.07) is 6.51. The molecule has 7 heteroatoms. The lowest BCUT2D eigenvalue weighted by Crippen LogP contribution is -2.09. The van der Waals surface area contributed by atoms with Crippen LogP contribution in [0.1, 0.15) is 36.5 Å². The number of alkyl halides is 3. The second-order valence-electron chi connectivity index (χ2n) is 4.48. The summed E-state index contributed by atoms with van der Waals surface area (Å²) in [4.78, 5) is 3.96. The van der Waals surface area contributed by atoms with Gasteiger partial charge in [0.05, 0.1) is 12.3 Å². The van der Waals surface area contributed by atoms with Gasteiger partial charge in [0, 0.05) is 6.42 Å². The van der Waals surface area contributed by atoms with Gasteiger partial charge in [0.15, 0.2) is 5.82 Å². The van der Waals surface area contributed by atoms with Gasteiger partial charge >= 0.3 is 6.18 Å². The highest BCUT2D eigenvalue weighted by molar-refractivity contribution is 5.31. The van der Waals surface area contributed by atoms with Gasteiger partial charge in [-0.2, -0.15) is 18.2 Å². The van der Waals surface area contributed by atoms with Crippen LogP contribution < -0.4 is 0 Å². The van der Waals surface area contributed by atoms with E-state index in [1.54, 1.807) is 25.1 Å². The van der Waals surface area contributed by atoms with Crippen LogP contribution in [-0.2, 0) is 6.42 Å². The van der Waals surface area contributed by atoms with Crippen molar-refractivity contribution in [1.29, 1.82) is 0 Å². The van der Waals surface area contributed by atoms with Gasteiger partial charge in [0.2, 0.25) is 5.89 Å². The molecule has 4 nitrogen and oxygen atoms in total. The molecule has 0 aliphatic rings. The molecule has 2 rings (SSSR count). The first-order valence-corrected chi connectivity index (χ1v) is 6.03. The van der Waals surface area contributed by atoms with E-state index in [0.717, 1.165) is 5.56 Å². The first-order chi connectivity index (χ1) is 9.35. The number of hydrogen-bond acceptors (Lipinski definition) is 4. The van der Waals surface area contributed by atoms with Crippen LogP contribution >= 0.6 is 0 Å². The van der Waals surface area contributed by atoms with Crippen LogP contribution in [0.2, 0.25) is 0 Å². The third-order valence-corrected chi connectivity index (χ3v) is 2.86. The number of aromatic nitrogens is 2. The Labute approximate surface area is 113 Å². The number of benzene rings is 1. The molecular weight excluding hydrogens is 273 g/mol. The number of aryl methyl sites for hydroxylation is 1. The molecule has 1 N–H and O–H groups in total. The average molecular weight is 286 g/mol. The molecule has 108 valence electrons. The average Bonchev–Trinajstić information content (AvgIpc) is 2.83. The molecule has 1 aromatic carbocycles. The maximum atomic E-state index is 12.1. The fraction of sp³-hybridized carbons (Fsp3) is 0.385. The van der Waals surface area contributed by atoms with Crippen molar-refractivity contribution in [2.45, 2.75) is 31.9 Å². The van der Waals surface area contributed by atoms with Crippen molar-refractivity contribution >= 4 is 0 Å². The molecule has 0 fully saturated rings. The van der Waals surface area contributed by atoms with E-state index in [-0.39, 0.29) is 29.8 Å². The highest BCUT2D eigenvalue weighted by atomic mass is 19.4. The van der Waals surface area contributed by atoms with Crippen molar-refractivity contribution in [3.8, 4) is 5.75 Å². The van der Waals surface area contributed by atoms with Crippen LogP contribution in [0.3, 0.4) is 0 Å². The van der Waals surface area contributed by atoms with Gasteiger partial charge in [-0.05, 0) is 24.6 Å². The van der Waals surface area contributed by atoms with Crippen molar-refractivity contribution in [1.82, 2.24) is 10.1 Å². The van der Waals surface area contributed by atoms with Crippen molar-refractivity contribution in [2.24, 2.45) is 0 Å². The summed E-state index contributed by atoms with van der Waals surface area (Å²) >= 11 is 0. The summed E-state index contributed by atoms with van der Waals surface area (Å²) in [5, 5.41) is 12.9. The van der Waals surface area contributed by atoms with Crippen molar-refractivity contribution in [2.75, 3.05) is 0 Å². The summed E-state index contributed by atoms with van der Waals surface area (Å²) in [6.07, 6.45) is -5.52. The minimum Gasteiger partial charge on any atom is -0.508 e. The zero-order valence-electron chi connectivity index (χ0n) is 10.7. The van der Waals surface area contributed by atoms with Crippen LogP contribution in [0.5, 0.6) is 5.75 Å². The summed E-state index contributed by atoms with van der Waals surface area (Å²) in [7, 11) is 0. The summed E-state index contributed by atoms with van der Waals surface area (Å²) in [6.45, 7) is 1.77. The van der Waals surface area contributed by atoms with Gasteiger partial charge in [-0.15, -0.1) is 0 Å². The molecule has 1 unspecified atom stereocenters. The summed E-state index contributed by atoms with van der Waals surface area (Å²) < 4.78 is 41.3. The van der Waals surface area contributed by atoms with Crippen molar-refractivity contribution < 1.29 is 22.8 Å². The minimum absolute atomic E-state index is 0.0318. The van der Waals surface area contributed by atoms with Crippen LogP contribution in [0.25, 0.3) is 0 Å². The Balaban J connectivity index is 2.08. The molecule has 2 aromatic rings. The van der Waals surface area contributed by atoms with E-state index in [2.05, 4.69) is 10.1 Å². The van der Waals surface area contributed by atoms with Gasteiger partial charge in [0.25, 0.3) is 0 Å². The Kier molecular flexibility index (Phi) is 3.96. The Morgan fingerprint density at radius 1 is 1.35 bits per heavy atom. The second kappa shape index (κ2) is 5.52. The normalized spacial score (nSPS) is 13.4. The summed E-state index contributed by atoms with van der Waals surface area (Å²) in [5.41, 5.74) is 0.746. The Bertz CT molecular complexity index is 581. The fourth-order valence-corrected chi connectivity index (χ4v) is 1.74. The van der Waals surface area contributed by atoms with Crippen LogP contribution in [-0.4, -0.2) is 21.4 Å². The fourth-order valence-electron chi connectivity index (χ4n) is 1.74. The van der Waals surface area contributed by atoms with Gasteiger partial charge in [0.1, 0.15) is 5.75 Å². The first kappa shape index (κ1) is 14.4. The monoisotopic (exact) mass is 286 g/mol. The number of aromatic hydroxyl groups is 1. The number of phenols is 1. The molecule has 1 heterocycles. The number of hydrogen-bond donors (Lipinski definition) is 1. The maximum absolute atomic E-state index is 12.1. The summed E-state index contributed by atoms with van der Waals surface area (Å²) in [5.74, 6) is 0.0671. The molecule has 1 atom stereocenters. The lowest BCUT2D eigenvalue weighted by molar-refractivity contribution is -0.134. The molecule has 0 radical (unpaired) electrons. The molecule has 1 aromatic heterocycles. The zero-order valence-corrected chi connectivity index (χ0v) is 10.7. The first-order valence-electron chi connectivity index (χ1n) is 6.03. The number of phenolic OH excluding ortho intramolecular Hbond substituents is 1. The topological polar surface area (TPSA) is 59.2 Å². The zero-order chi connectivity index (χ0) is 14.8. The van der Waals surface area contributed by atoms with Crippen LogP contribution in [0.15, 0.2) is 28.8 Å². The Morgan fingerprint density at radius 3 is 2.75 bits per heavy atom. The predicted octanol–water partition coefficient (Wildman–Crippen LogP) is 3.42. The lowest BCUT2D eigenvalue weighted by atomic mass is 10.0. The van der Waals surface area contributed by atoms with E-state index in [1.807, 2.05) is 0 Å². The maximum Gasteiger partial charge on any atom is 0.389 e. The third-order valence-electron chi connectivity index (χ3n) is 2.86. The molecule has 0 bridgehead atoms. The minimum atomic E-state index is -4.24. The highest BCUT2D eigenvalue weighted by Gasteiger charge is 2.28. The van der Waals surface area contributed by atoms with Crippen LogP contribution in [0, 0.1) is 0 Å². The van der Waals surface area contributed by atoms with Gasteiger partial charge < -0.3 is 9.63 Å². The van der Waals surface area contributed by atoms with E-state index >= 15 is 0 Å². The largest absolute Gasteiger partial charge is 0.508 e. The second-order valence-corrected chi connectivity index (χ2v) is 4.48. The van der Waals surface area contributed by atoms with Crippen molar-refractivity contribution in [3.05, 3.63) is 41.5 Å².